The van der Waals surface area contributed by atoms with Crippen molar-refractivity contribution in [1.82, 2.24) is 10.2 Å². The van der Waals surface area contributed by atoms with Gasteiger partial charge in [-0.2, -0.15) is 0 Å². The summed E-state index contributed by atoms with van der Waals surface area (Å²) < 4.78 is 11.3. The van der Waals surface area contributed by atoms with E-state index in [9.17, 15) is 9.59 Å². The molecule has 3 aromatic carbocycles. The minimum absolute atomic E-state index is 0.118. The molecule has 1 saturated carbocycles. The molecule has 0 spiro atoms. The molecule has 0 unspecified atom stereocenters. The molecule has 0 aromatic heterocycles. The average Bonchev–Trinajstić information content (AvgIpc) is 2.95. The third kappa shape index (κ3) is 7.85. The standard InChI is InChI=1S/C32H38N2O4/c1-24-16-18-28(19-17-24)38-23-31(35)34(22-26-12-9-15-29(20-26)37-2)30(21-25-10-5-3-6-11-25)32(36)33-27-13-7-4-8-14-27/h3,5-6,9-12,15-20,27,30H,4,7-8,13-14,21-23H2,1-2H3,(H,33,36)/t30-/m0/s1. The monoisotopic (exact) mass is 514 g/mol. The van der Waals surface area contributed by atoms with Crippen LogP contribution in [0.15, 0.2) is 78.9 Å². The molecule has 1 fully saturated rings. The smallest absolute Gasteiger partial charge is 0.261 e. The molecule has 0 saturated heterocycles. The summed E-state index contributed by atoms with van der Waals surface area (Å²) in [5.74, 6) is 0.967. The summed E-state index contributed by atoms with van der Waals surface area (Å²) in [5, 5.41) is 3.26. The zero-order valence-corrected chi connectivity index (χ0v) is 22.4. The van der Waals surface area contributed by atoms with E-state index < -0.39 is 6.04 Å². The second-order valence-electron chi connectivity index (χ2n) is 10.0. The van der Waals surface area contributed by atoms with Crippen LogP contribution in [0.2, 0.25) is 0 Å². The molecule has 6 nitrogen and oxygen atoms in total. The van der Waals surface area contributed by atoms with E-state index in [2.05, 4.69) is 5.32 Å². The Morgan fingerprint density at radius 1 is 0.895 bits per heavy atom. The van der Waals surface area contributed by atoms with E-state index >= 15 is 0 Å². The molecule has 1 atom stereocenters. The van der Waals surface area contributed by atoms with Gasteiger partial charge in [-0.1, -0.05) is 79.4 Å². The van der Waals surface area contributed by atoms with E-state index in [1.54, 1.807) is 12.0 Å². The van der Waals surface area contributed by atoms with Crippen LogP contribution < -0.4 is 14.8 Å². The number of hydrogen-bond acceptors (Lipinski definition) is 4. The van der Waals surface area contributed by atoms with Crippen LogP contribution in [0.25, 0.3) is 0 Å². The highest BCUT2D eigenvalue weighted by molar-refractivity contribution is 5.88. The number of aryl methyl sites for hydroxylation is 1. The average molecular weight is 515 g/mol. The van der Waals surface area contributed by atoms with Crippen LogP contribution in [0, 0.1) is 6.92 Å². The second kappa shape index (κ2) is 13.7. The molecule has 38 heavy (non-hydrogen) atoms. The minimum Gasteiger partial charge on any atom is -0.497 e. The second-order valence-corrected chi connectivity index (χ2v) is 10.0. The van der Waals surface area contributed by atoms with Crippen LogP contribution in [0.3, 0.4) is 0 Å². The Morgan fingerprint density at radius 3 is 2.32 bits per heavy atom. The third-order valence-electron chi connectivity index (χ3n) is 7.09. The maximum atomic E-state index is 13.8. The number of methoxy groups -OCH3 is 1. The lowest BCUT2D eigenvalue weighted by Gasteiger charge is -2.33. The van der Waals surface area contributed by atoms with Crippen molar-refractivity contribution in [2.45, 2.75) is 64.1 Å². The topological polar surface area (TPSA) is 67.9 Å². The Labute approximate surface area is 226 Å². The van der Waals surface area contributed by atoms with E-state index in [0.717, 1.165) is 42.4 Å². The molecule has 1 aliphatic carbocycles. The van der Waals surface area contributed by atoms with Gasteiger partial charge in [-0.3, -0.25) is 9.59 Å². The lowest BCUT2D eigenvalue weighted by atomic mass is 9.94. The molecule has 0 radical (unpaired) electrons. The van der Waals surface area contributed by atoms with Gasteiger partial charge in [0.25, 0.3) is 5.91 Å². The normalized spacial score (nSPS) is 14.4. The highest BCUT2D eigenvalue weighted by Gasteiger charge is 2.32. The van der Waals surface area contributed by atoms with Crippen LogP contribution in [-0.2, 0) is 22.6 Å². The van der Waals surface area contributed by atoms with Crippen molar-refractivity contribution in [1.29, 1.82) is 0 Å². The van der Waals surface area contributed by atoms with Gasteiger partial charge >= 0.3 is 0 Å². The lowest BCUT2D eigenvalue weighted by Crippen LogP contribution is -2.53. The number of benzene rings is 3. The van der Waals surface area contributed by atoms with Crippen molar-refractivity contribution >= 4 is 11.8 Å². The molecule has 6 heteroatoms. The van der Waals surface area contributed by atoms with Gasteiger partial charge in [0.2, 0.25) is 5.91 Å². The number of carbonyl (C=O) groups is 2. The molecule has 2 amide bonds. The summed E-state index contributed by atoms with van der Waals surface area (Å²) in [6, 6.07) is 24.5. The number of amides is 2. The molecule has 1 aliphatic rings. The molecule has 1 N–H and O–H groups in total. The van der Waals surface area contributed by atoms with Crippen molar-refractivity contribution in [2.24, 2.45) is 0 Å². The molecule has 0 aliphatic heterocycles. The molecule has 200 valence electrons. The Balaban J connectivity index is 1.61. The molecular formula is C32H38N2O4. The largest absolute Gasteiger partial charge is 0.497 e. The van der Waals surface area contributed by atoms with E-state index in [1.165, 1.54) is 6.42 Å². The number of ether oxygens (including phenoxy) is 2. The molecule has 0 heterocycles. The number of hydrogen-bond donors (Lipinski definition) is 1. The number of carbonyl (C=O) groups excluding carboxylic acids is 2. The Kier molecular flexibility index (Phi) is 9.79. The van der Waals surface area contributed by atoms with E-state index in [0.29, 0.717) is 17.9 Å². The van der Waals surface area contributed by atoms with Gasteiger partial charge in [0, 0.05) is 19.0 Å². The highest BCUT2D eigenvalue weighted by atomic mass is 16.5. The van der Waals surface area contributed by atoms with Crippen LogP contribution in [0.4, 0.5) is 0 Å². The fourth-order valence-electron chi connectivity index (χ4n) is 4.93. The van der Waals surface area contributed by atoms with Crippen LogP contribution in [-0.4, -0.2) is 42.5 Å². The minimum atomic E-state index is -0.681. The van der Waals surface area contributed by atoms with Crippen molar-refractivity contribution in [3.63, 3.8) is 0 Å². The summed E-state index contributed by atoms with van der Waals surface area (Å²) in [7, 11) is 1.62. The first-order valence-electron chi connectivity index (χ1n) is 13.5. The zero-order chi connectivity index (χ0) is 26.7. The van der Waals surface area contributed by atoms with Gasteiger partial charge in [0.1, 0.15) is 17.5 Å². The fourth-order valence-corrected chi connectivity index (χ4v) is 4.93. The zero-order valence-electron chi connectivity index (χ0n) is 22.4. The number of rotatable bonds is 11. The van der Waals surface area contributed by atoms with E-state index in [-0.39, 0.29) is 31.0 Å². The molecular weight excluding hydrogens is 476 g/mol. The van der Waals surface area contributed by atoms with Gasteiger partial charge in [0.15, 0.2) is 6.61 Å². The lowest BCUT2D eigenvalue weighted by molar-refractivity contribution is -0.143. The van der Waals surface area contributed by atoms with Crippen LogP contribution in [0.1, 0.15) is 48.8 Å². The Morgan fingerprint density at radius 2 is 1.61 bits per heavy atom. The fraction of sp³-hybridized carbons (Fsp3) is 0.375. The van der Waals surface area contributed by atoms with Crippen molar-refractivity contribution < 1.29 is 19.1 Å². The summed E-state index contributed by atoms with van der Waals surface area (Å²) in [6.07, 6.45) is 5.81. The van der Waals surface area contributed by atoms with Gasteiger partial charge in [-0.05, 0) is 55.2 Å². The van der Waals surface area contributed by atoms with Crippen molar-refractivity contribution in [3.05, 3.63) is 95.6 Å². The summed E-state index contributed by atoms with van der Waals surface area (Å²) in [4.78, 5) is 29.2. The third-order valence-corrected chi connectivity index (χ3v) is 7.09. The maximum Gasteiger partial charge on any atom is 0.261 e. The number of nitrogens with one attached hydrogen (secondary N) is 1. The molecule has 4 rings (SSSR count). The van der Waals surface area contributed by atoms with Gasteiger partial charge < -0.3 is 19.7 Å². The van der Waals surface area contributed by atoms with E-state index in [4.69, 9.17) is 9.47 Å². The number of nitrogens with zero attached hydrogens (tertiary/aromatic N) is 1. The Hall–Kier alpha value is -3.80. The molecule has 0 bridgehead atoms. The first kappa shape index (κ1) is 27.2. The summed E-state index contributed by atoms with van der Waals surface area (Å²) in [5.41, 5.74) is 3.00. The molecule has 3 aromatic rings. The van der Waals surface area contributed by atoms with Crippen molar-refractivity contribution in [2.75, 3.05) is 13.7 Å². The first-order chi connectivity index (χ1) is 18.5. The van der Waals surface area contributed by atoms with Crippen molar-refractivity contribution in [3.8, 4) is 11.5 Å². The van der Waals surface area contributed by atoms with Gasteiger partial charge in [0.05, 0.1) is 7.11 Å². The Bertz CT molecular complexity index is 1170. The van der Waals surface area contributed by atoms with E-state index in [1.807, 2.05) is 85.8 Å². The van der Waals surface area contributed by atoms with Gasteiger partial charge in [-0.25, -0.2) is 0 Å². The van der Waals surface area contributed by atoms with Crippen LogP contribution >= 0.6 is 0 Å². The maximum absolute atomic E-state index is 13.8. The summed E-state index contributed by atoms with van der Waals surface area (Å²) in [6.45, 7) is 2.11. The van der Waals surface area contributed by atoms with Crippen LogP contribution in [0.5, 0.6) is 11.5 Å². The SMILES string of the molecule is COc1cccc(CN(C(=O)COc2ccc(C)cc2)[C@@H](Cc2ccccc2)C(=O)NC2CCCCC2)c1. The predicted molar refractivity (Wildman–Crippen MR) is 149 cm³/mol. The predicted octanol–water partition coefficient (Wildman–Crippen LogP) is 5.47. The highest BCUT2D eigenvalue weighted by Crippen LogP contribution is 2.21. The quantitative estimate of drug-likeness (QED) is 0.368. The first-order valence-corrected chi connectivity index (χ1v) is 13.5. The van der Waals surface area contributed by atoms with Gasteiger partial charge in [-0.15, -0.1) is 0 Å². The summed E-state index contributed by atoms with van der Waals surface area (Å²) >= 11 is 0.